The molecule has 2 rings (SSSR count). The molecule has 2 aliphatic rings. The number of rotatable bonds is 6. The fraction of sp³-hybridized carbons (Fsp3) is 0.652. The topological polar surface area (TPSA) is 0 Å². The molecule has 2 unspecified atom stereocenters. The molecule has 0 amide bonds. The van der Waals surface area contributed by atoms with Crippen molar-refractivity contribution in [2.24, 2.45) is 17.8 Å². The van der Waals surface area contributed by atoms with E-state index in [-0.39, 0.29) is 0 Å². The van der Waals surface area contributed by atoms with E-state index in [0.717, 1.165) is 18.3 Å². The summed E-state index contributed by atoms with van der Waals surface area (Å²) in [5.74, 6) is 2.23. The smallest absolute Gasteiger partial charge is 0.00854 e. The van der Waals surface area contributed by atoms with E-state index in [2.05, 4.69) is 53.3 Å². The second kappa shape index (κ2) is 8.18. The lowest BCUT2D eigenvalue weighted by atomic mass is 9.73. The molecule has 0 heteroatoms. The van der Waals surface area contributed by atoms with Crippen LogP contribution in [-0.4, -0.2) is 0 Å². The predicted molar refractivity (Wildman–Crippen MR) is 103 cm³/mol. The Morgan fingerprint density at radius 2 is 1.96 bits per heavy atom. The molecule has 0 saturated heterocycles. The number of hydrogen-bond donors (Lipinski definition) is 0. The molecule has 23 heavy (non-hydrogen) atoms. The lowest BCUT2D eigenvalue weighted by Gasteiger charge is -2.31. The van der Waals surface area contributed by atoms with E-state index in [1.807, 2.05) is 0 Å². The third-order valence-electron chi connectivity index (χ3n) is 6.21. The van der Waals surface area contributed by atoms with E-state index in [4.69, 9.17) is 0 Å². The van der Waals surface area contributed by atoms with Crippen LogP contribution in [0, 0.1) is 17.8 Å². The molecule has 0 N–H and O–H groups in total. The molecular formula is C23H36. The van der Waals surface area contributed by atoms with E-state index in [1.165, 1.54) is 55.2 Å². The normalized spacial score (nSPS) is 24.8. The maximum atomic E-state index is 4.45. The third kappa shape index (κ3) is 4.08. The summed E-state index contributed by atoms with van der Waals surface area (Å²) in [6.45, 7) is 15.9. The predicted octanol–water partition coefficient (Wildman–Crippen LogP) is 7.40. The van der Waals surface area contributed by atoms with Crippen molar-refractivity contribution in [1.29, 1.82) is 0 Å². The molecule has 128 valence electrons. The minimum Gasteiger partial charge on any atom is -0.0952 e. The van der Waals surface area contributed by atoms with Crippen molar-refractivity contribution in [2.75, 3.05) is 0 Å². The van der Waals surface area contributed by atoms with Crippen molar-refractivity contribution in [3.05, 3.63) is 46.6 Å². The SMILES string of the molecule is C=C(CC(C)CC)C1=C(C)C(C2CCCCC2)C(/C(C)=C/C)=C1. The summed E-state index contributed by atoms with van der Waals surface area (Å²) in [5, 5.41) is 0. The molecular weight excluding hydrogens is 276 g/mol. The number of hydrogen-bond acceptors (Lipinski definition) is 0. The van der Waals surface area contributed by atoms with Crippen molar-refractivity contribution >= 4 is 0 Å². The molecule has 0 radical (unpaired) electrons. The van der Waals surface area contributed by atoms with Gasteiger partial charge in [-0.2, -0.15) is 0 Å². The summed E-state index contributed by atoms with van der Waals surface area (Å²) in [4.78, 5) is 0. The zero-order chi connectivity index (χ0) is 17.0. The van der Waals surface area contributed by atoms with Gasteiger partial charge in [0.1, 0.15) is 0 Å². The highest BCUT2D eigenvalue weighted by atomic mass is 14.4. The molecule has 0 heterocycles. The monoisotopic (exact) mass is 312 g/mol. The Kier molecular flexibility index (Phi) is 6.50. The minimum absolute atomic E-state index is 0.648. The first-order valence-corrected chi connectivity index (χ1v) is 9.73. The fourth-order valence-electron chi connectivity index (χ4n) is 4.42. The average Bonchev–Trinajstić information content (AvgIpc) is 2.92. The molecule has 0 spiro atoms. The second-order valence-corrected chi connectivity index (χ2v) is 7.86. The molecule has 2 aliphatic carbocycles. The minimum atomic E-state index is 0.648. The Balaban J connectivity index is 2.30. The summed E-state index contributed by atoms with van der Waals surface area (Å²) in [6, 6.07) is 0. The van der Waals surface area contributed by atoms with Crippen molar-refractivity contribution in [3.8, 4) is 0 Å². The second-order valence-electron chi connectivity index (χ2n) is 7.86. The molecule has 2 atom stereocenters. The zero-order valence-electron chi connectivity index (χ0n) is 16.0. The lowest BCUT2D eigenvalue weighted by Crippen LogP contribution is -2.20. The van der Waals surface area contributed by atoms with Crippen LogP contribution < -0.4 is 0 Å². The van der Waals surface area contributed by atoms with Gasteiger partial charge in [-0.1, -0.05) is 69.4 Å². The first-order chi connectivity index (χ1) is 11.0. The van der Waals surface area contributed by atoms with Gasteiger partial charge < -0.3 is 0 Å². The van der Waals surface area contributed by atoms with Gasteiger partial charge in [0.2, 0.25) is 0 Å². The van der Waals surface area contributed by atoms with Gasteiger partial charge in [0.25, 0.3) is 0 Å². The van der Waals surface area contributed by atoms with E-state index < -0.39 is 0 Å². The lowest BCUT2D eigenvalue weighted by molar-refractivity contribution is 0.305. The van der Waals surface area contributed by atoms with E-state index in [0.29, 0.717) is 5.92 Å². The standard InChI is InChI=1S/C23H36/c1-7-16(3)14-18(5)21-15-22(17(4)8-2)23(19(21)6)20-12-10-9-11-13-20/h8,15-16,20,23H,5,7,9-14H2,1-4,6H3/b17-8+. The largest absolute Gasteiger partial charge is 0.0952 e. The molecule has 1 fully saturated rings. The summed E-state index contributed by atoms with van der Waals surface area (Å²) < 4.78 is 0. The van der Waals surface area contributed by atoms with Crippen LogP contribution in [-0.2, 0) is 0 Å². The van der Waals surface area contributed by atoms with Crippen molar-refractivity contribution in [3.63, 3.8) is 0 Å². The highest BCUT2D eigenvalue weighted by molar-refractivity contribution is 5.56. The third-order valence-corrected chi connectivity index (χ3v) is 6.21. The summed E-state index contributed by atoms with van der Waals surface area (Å²) >= 11 is 0. The summed E-state index contributed by atoms with van der Waals surface area (Å²) in [5.41, 5.74) is 7.47. The Morgan fingerprint density at radius 1 is 1.30 bits per heavy atom. The maximum absolute atomic E-state index is 4.45. The highest BCUT2D eigenvalue weighted by Crippen LogP contribution is 2.47. The van der Waals surface area contributed by atoms with Crippen LogP contribution in [0.4, 0.5) is 0 Å². The van der Waals surface area contributed by atoms with Crippen molar-refractivity contribution in [1.82, 2.24) is 0 Å². The van der Waals surface area contributed by atoms with Crippen molar-refractivity contribution in [2.45, 2.75) is 79.6 Å². The Hall–Kier alpha value is -1.04. The maximum Gasteiger partial charge on any atom is 0.00854 e. The van der Waals surface area contributed by atoms with Crippen LogP contribution in [0.1, 0.15) is 79.6 Å². The van der Waals surface area contributed by atoms with Gasteiger partial charge in [-0.05, 0) is 68.6 Å². The van der Waals surface area contributed by atoms with Gasteiger partial charge in [-0.3, -0.25) is 0 Å². The quantitative estimate of drug-likeness (QED) is 0.479. The van der Waals surface area contributed by atoms with E-state index >= 15 is 0 Å². The molecule has 0 bridgehead atoms. The Bertz CT molecular complexity index is 520. The Labute approximate surface area is 144 Å². The van der Waals surface area contributed by atoms with E-state index in [1.54, 1.807) is 11.1 Å². The summed E-state index contributed by atoms with van der Waals surface area (Å²) in [7, 11) is 0. The highest BCUT2D eigenvalue weighted by Gasteiger charge is 2.33. The van der Waals surface area contributed by atoms with Crippen LogP contribution in [0.25, 0.3) is 0 Å². The zero-order valence-corrected chi connectivity index (χ0v) is 16.0. The molecule has 0 nitrogen and oxygen atoms in total. The van der Waals surface area contributed by atoms with Crippen LogP contribution in [0.2, 0.25) is 0 Å². The molecule has 0 aromatic heterocycles. The van der Waals surface area contributed by atoms with Gasteiger partial charge in [0.15, 0.2) is 0 Å². The van der Waals surface area contributed by atoms with E-state index in [9.17, 15) is 0 Å². The van der Waals surface area contributed by atoms with Crippen molar-refractivity contribution < 1.29 is 0 Å². The Morgan fingerprint density at radius 3 is 2.52 bits per heavy atom. The fourth-order valence-corrected chi connectivity index (χ4v) is 4.42. The van der Waals surface area contributed by atoms with Gasteiger partial charge in [0.05, 0.1) is 0 Å². The van der Waals surface area contributed by atoms with Crippen LogP contribution >= 0.6 is 0 Å². The van der Waals surface area contributed by atoms with Crippen LogP contribution in [0.3, 0.4) is 0 Å². The van der Waals surface area contributed by atoms with Gasteiger partial charge >= 0.3 is 0 Å². The van der Waals surface area contributed by atoms with Crippen LogP contribution in [0.15, 0.2) is 46.6 Å². The average molecular weight is 313 g/mol. The molecule has 1 saturated carbocycles. The number of allylic oxidation sites excluding steroid dienone is 7. The van der Waals surface area contributed by atoms with Gasteiger partial charge in [-0.25, -0.2) is 0 Å². The molecule has 0 aromatic carbocycles. The van der Waals surface area contributed by atoms with Crippen LogP contribution in [0.5, 0.6) is 0 Å². The first-order valence-electron chi connectivity index (χ1n) is 9.73. The summed E-state index contributed by atoms with van der Waals surface area (Å²) in [6.07, 6.45) is 14.2. The molecule has 0 aliphatic heterocycles. The molecule has 0 aromatic rings. The van der Waals surface area contributed by atoms with Gasteiger partial charge in [-0.15, -0.1) is 0 Å². The first kappa shape index (κ1) is 18.3. The van der Waals surface area contributed by atoms with Gasteiger partial charge in [0, 0.05) is 5.92 Å².